The fourth-order valence-electron chi connectivity index (χ4n) is 0.968. The van der Waals surface area contributed by atoms with E-state index >= 15 is 0 Å². The Balaban J connectivity index is 2.52. The molecule has 2 rings (SSSR count). The highest BCUT2D eigenvalue weighted by Gasteiger charge is 2.09. The van der Waals surface area contributed by atoms with Gasteiger partial charge in [-0.1, -0.05) is 11.6 Å². The van der Waals surface area contributed by atoms with Gasteiger partial charge in [0, 0.05) is 0 Å². The predicted octanol–water partition coefficient (Wildman–Crippen LogP) is 1.42. The molecular formula is C7H6ClN5S. The zero-order valence-electron chi connectivity index (χ0n) is 6.94. The van der Waals surface area contributed by atoms with Crippen LogP contribution in [0.25, 0.3) is 10.6 Å². The van der Waals surface area contributed by atoms with Crippen molar-refractivity contribution in [3.05, 3.63) is 16.5 Å². The standard InChI is InChI=1S/C7H6ClN5S/c8-4-2-1-3(14-4)5-6(9)11-7(10)13-12-5/h1-2H,(H4,9,10,11,13). The van der Waals surface area contributed by atoms with E-state index in [9.17, 15) is 0 Å². The number of thiophene rings is 1. The Morgan fingerprint density at radius 1 is 1.21 bits per heavy atom. The SMILES string of the molecule is Nc1nnc(-c2ccc(Cl)s2)c(N)n1. The minimum atomic E-state index is 0.0638. The van der Waals surface area contributed by atoms with Gasteiger partial charge in [0.25, 0.3) is 0 Å². The van der Waals surface area contributed by atoms with Gasteiger partial charge in [-0.15, -0.1) is 21.5 Å². The second-order valence-corrected chi connectivity index (χ2v) is 4.22. The topological polar surface area (TPSA) is 90.7 Å². The minimum Gasteiger partial charge on any atom is -0.382 e. The summed E-state index contributed by atoms with van der Waals surface area (Å²) in [6.45, 7) is 0. The number of hydrogen-bond donors (Lipinski definition) is 2. The van der Waals surface area contributed by atoms with Crippen LogP contribution < -0.4 is 11.5 Å². The van der Waals surface area contributed by atoms with Crippen molar-refractivity contribution in [2.24, 2.45) is 0 Å². The van der Waals surface area contributed by atoms with Gasteiger partial charge in [-0.05, 0) is 12.1 Å². The van der Waals surface area contributed by atoms with E-state index in [0.29, 0.717) is 10.0 Å². The van der Waals surface area contributed by atoms with Crippen molar-refractivity contribution in [1.82, 2.24) is 15.2 Å². The Morgan fingerprint density at radius 2 is 2.00 bits per heavy atom. The molecule has 0 amide bonds. The van der Waals surface area contributed by atoms with Crippen LogP contribution in [0.4, 0.5) is 11.8 Å². The van der Waals surface area contributed by atoms with Crippen LogP contribution in [0.1, 0.15) is 0 Å². The van der Waals surface area contributed by atoms with Gasteiger partial charge in [-0.2, -0.15) is 4.98 Å². The summed E-state index contributed by atoms with van der Waals surface area (Å²) in [6.07, 6.45) is 0. The average molecular weight is 228 g/mol. The number of rotatable bonds is 1. The van der Waals surface area contributed by atoms with Crippen LogP contribution in [0.15, 0.2) is 12.1 Å². The zero-order chi connectivity index (χ0) is 10.1. The van der Waals surface area contributed by atoms with Crippen LogP contribution in [0.3, 0.4) is 0 Å². The molecule has 0 unspecified atom stereocenters. The summed E-state index contributed by atoms with van der Waals surface area (Å²) < 4.78 is 0.665. The molecule has 7 heteroatoms. The zero-order valence-corrected chi connectivity index (χ0v) is 8.51. The van der Waals surface area contributed by atoms with Crippen LogP contribution in [-0.2, 0) is 0 Å². The lowest BCUT2D eigenvalue weighted by Gasteiger charge is -1.99. The van der Waals surface area contributed by atoms with Gasteiger partial charge in [0.2, 0.25) is 5.95 Å². The van der Waals surface area contributed by atoms with E-state index in [0.717, 1.165) is 4.88 Å². The predicted molar refractivity (Wildman–Crippen MR) is 57.0 cm³/mol. The first-order valence-electron chi connectivity index (χ1n) is 3.68. The molecule has 2 heterocycles. The Morgan fingerprint density at radius 3 is 2.57 bits per heavy atom. The Kier molecular flexibility index (Phi) is 2.22. The van der Waals surface area contributed by atoms with E-state index in [1.807, 2.05) is 6.07 Å². The molecular weight excluding hydrogens is 222 g/mol. The first kappa shape index (κ1) is 9.17. The minimum absolute atomic E-state index is 0.0638. The average Bonchev–Trinajstić information content (AvgIpc) is 2.51. The molecule has 14 heavy (non-hydrogen) atoms. The maximum absolute atomic E-state index is 5.78. The summed E-state index contributed by atoms with van der Waals surface area (Å²) in [5.74, 6) is 0.324. The summed E-state index contributed by atoms with van der Waals surface area (Å²) in [5, 5.41) is 7.48. The van der Waals surface area contributed by atoms with E-state index < -0.39 is 0 Å². The van der Waals surface area contributed by atoms with Gasteiger partial charge in [0.05, 0.1) is 9.21 Å². The normalized spacial score (nSPS) is 10.4. The molecule has 2 aromatic heterocycles. The highest BCUT2D eigenvalue weighted by molar-refractivity contribution is 7.19. The second kappa shape index (κ2) is 3.39. The molecule has 0 bridgehead atoms. The highest BCUT2D eigenvalue weighted by Crippen LogP contribution is 2.31. The summed E-state index contributed by atoms with van der Waals surface area (Å²) in [5.41, 5.74) is 11.5. The number of nitrogens with two attached hydrogens (primary N) is 2. The van der Waals surface area contributed by atoms with Crippen LogP contribution in [0, 0.1) is 0 Å². The van der Waals surface area contributed by atoms with E-state index in [1.165, 1.54) is 11.3 Å². The summed E-state index contributed by atoms with van der Waals surface area (Å²) in [7, 11) is 0. The number of hydrogen-bond acceptors (Lipinski definition) is 6. The molecule has 4 N–H and O–H groups in total. The fourth-order valence-corrected chi connectivity index (χ4v) is 2.00. The van der Waals surface area contributed by atoms with Crippen molar-refractivity contribution >= 4 is 34.7 Å². The summed E-state index contributed by atoms with van der Waals surface area (Å²) in [4.78, 5) is 4.63. The van der Waals surface area contributed by atoms with Gasteiger partial charge in [0.15, 0.2) is 5.82 Å². The lowest BCUT2D eigenvalue weighted by molar-refractivity contribution is 1.00. The van der Waals surface area contributed by atoms with Crippen molar-refractivity contribution < 1.29 is 0 Å². The largest absolute Gasteiger partial charge is 0.382 e. The molecule has 0 fully saturated rings. The van der Waals surface area contributed by atoms with Crippen molar-refractivity contribution in [2.75, 3.05) is 11.5 Å². The number of aromatic nitrogens is 3. The van der Waals surface area contributed by atoms with Crippen molar-refractivity contribution in [2.45, 2.75) is 0 Å². The number of anilines is 2. The van der Waals surface area contributed by atoms with E-state index in [4.69, 9.17) is 23.1 Å². The summed E-state index contributed by atoms with van der Waals surface area (Å²) in [6, 6.07) is 3.57. The van der Waals surface area contributed by atoms with Gasteiger partial charge in [0.1, 0.15) is 5.69 Å². The maximum Gasteiger partial charge on any atom is 0.242 e. The third kappa shape index (κ3) is 1.61. The smallest absolute Gasteiger partial charge is 0.242 e. The van der Waals surface area contributed by atoms with E-state index in [2.05, 4.69) is 15.2 Å². The second-order valence-electron chi connectivity index (χ2n) is 2.51. The van der Waals surface area contributed by atoms with Gasteiger partial charge in [-0.3, -0.25) is 0 Å². The van der Waals surface area contributed by atoms with Crippen LogP contribution in [0.5, 0.6) is 0 Å². The Bertz CT molecular complexity index is 469. The van der Waals surface area contributed by atoms with Gasteiger partial charge < -0.3 is 11.5 Å². The first-order valence-corrected chi connectivity index (χ1v) is 4.87. The summed E-state index contributed by atoms with van der Waals surface area (Å²) >= 11 is 7.14. The van der Waals surface area contributed by atoms with Crippen molar-refractivity contribution in [3.63, 3.8) is 0 Å². The molecule has 0 aromatic carbocycles. The molecule has 0 atom stereocenters. The molecule has 2 aromatic rings. The third-order valence-corrected chi connectivity index (χ3v) is 2.77. The monoisotopic (exact) mass is 227 g/mol. The van der Waals surface area contributed by atoms with Gasteiger partial charge in [-0.25, -0.2) is 0 Å². The molecule has 0 aliphatic rings. The number of nitrogen functional groups attached to an aromatic ring is 2. The van der Waals surface area contributed by atoms with Crippen LogP contribution in [0.2, 0.25) is 4.34 Å². The van der Waals surface area contributed by atoms with E-state index in [1.54, 1.807) is 6.07 Å². The van der Waals surface area contributed by atoms with Crippen molar-refractivity contribution in [3.8, 4) is 10.6 Å². The first-order chi connectivity index (χ1) is 6.66. The third-order valence-electron chi connectivity index (χ3n) is 1.54. The van der Waals surface area contributed by atoms with Gasteiger partial charge >= 0.3 is 0 Å². The maximum atomic E-state index is 5.78. The molecule has 5 nitrogen and oxygen atoms in total. The molecule has 0 saturated heterocycles. The Hall–Kier alpha value is -1.40. The van der Waals surface area contributed by atoms with Crippen LogP contribution in [-0.4, -0.2) is 15.2 Å². The fraction of sp³-hybridized carbons (Fsp3) is 0. The molecule has 0 aliphatic heterocycles. The lowest BCUT2D eigenvalue weighted by atomic mass is 10.3. The quantitative estimate of drug-likeness (QED) is 0.769. The van der Waals surface area contributed by atoms with Crippen LogP contribution >= 0.6 is 22.9 Å². The molecule has 0 spiro atoms. The molecule has 0 saturated carbocycles. The Labute approximate surface area is 88.7 Å². The number of nitrogens with zero attached hydrogens (tertiary/aromatic N) is 3. The number of halogens is 1. The lowest BCUT2D eigenvalue weighted by Crippen LogP contribution is -2.03. The molecule has 0 radical (unpaired) electrons. The molecule has 72 valence electrons. The van der Waals surface area contributed by atoms with Crippen molar-refractivity contribution in [1.29, 1.82) is 0 Å². The highest BCUT2D eigenvalue weighted by atomic mass is 35.5. The molecule has 0 aliphatic carbocycles. The van der Waals surface area contributed by atoms with E-state index in [-0.39, 0.29) is 11.8 Å².